The third-order valence-corrected chi connectivity index (χ3v) is 2.65. The molecule has 2 N–H and O–H groups in total. The van der Waals surface area contributed by atoms with Crippen molar-refractivity contribution >= 4 is 12.1 Å². The van der Waals surface area contributed by atoms with Gasteiger partial charge in [0.05, 0.1) is 6.61 Å². The minimum atomic E-state index is -0.911. The fraction of sp³-hybridized carbons (Fsp3) is 0.429. The van der Waals surface area contributed by atoms with Gasteiger partial charge in [-0.2, -0.15) is 0 Å². The summed E-state index contributed by atoms with van der Waals surface area (Å²) >= 11 is 0. The third-order valence-electron chi connectivity index (χ3n) is 2.65. The van der Waals surface area contributed by atoms with Crippen LogP contribution >= 0.6 is 0 Å². The van der Waals surface area contributed by atoms with Crippen LogP contribution in [0, 0.1) is 0 Å². The van der Waals surface area contributed by atoms with Crippen molar-refractivity contribution in [2.75, 3.05) is 19.7 Å². The second-order valence-corrected chi connectivity index (χ2v) is 4.25. The monoisotopic (exact) mass is 281 g/mol. The van der Waals surface area contributed by atoms with Crippen LogP contribution in [0.25, 0.3) is 0 Å². The molecule has 0 atom stereocenters. The lowest BCUT2D eigenvalue weighted by atomic mass is 10.2. The number of aliphatic hydroxyl groups excluding tert-OH is 1. The van der Waals surface area contributed by atoms with E-state index < -0.39 is 12.1 Å². The van der Waals surface area contributed by atoms with Gasteiger partial charge in [-0.3, -0.25) is 4.79 Å². The largest absolute Gasteiger partial charge is 0.481 e. The number of carboxylic acid groups (broad SMARTS) is 1. The Morgan fingerprint density at radius 3 is 2.45 bits per heavy atom. The van der Waals surface area contributed by atoms with Crippen molar-refractivity contribution in [1.29, 1.82) is 0 Å². The fourth-order valence-electron chi connectivity index (χ4n) is 1.65. The van der Waals surface area contributed by atoms with Gasteiger partial charge in [0.25, 0.3) is 0 Å². The summed E-state index contributed by atoms with van der Waals surface area (Å²) in [5.74, 6) is -0.911. The Kier molecular flexibility index (Phi) is 7.13. The predicted octanol–water partition coefficient (Wildman–Crippen LogP) is 1.48. The summed E-state index contributed by atoms with van der Waals surface area (Å²) in [4.78, 5) is 23.6. The van der Waals surface area contributed by atoms with Crippen LogP contribution in [0.5, 0.6) is 0 Å². The van der Waals surface area contributed by atoms with E-state index in [-0.39, 0.29) is 32.7 Å². The van der Waals surface area contributed by atoms with E-state index in [0.717, 1.165) is 5.56 Å². The summed E-state index contributed by atoms with van der Waals surface area (Å²) in [7, 11) is 0. The first kappa shape index (κ1) is 16.0. The van der Waals surface area contributed by atoms with Gasteiger partial charge in [0.1, 0.15) is 6.61 Å². The summed E-state index contributed by atoms with van der Waals surface area (Å²) in [6.45, 7) is 0.349. The van der Waals surface area contributed by atoms with Crippen LogP contribution in [0.4, 0.5) is 4.79 Å². The van der Waals surface area contributed by atoms with Gasteiger partial charge in [-0.05, 0) is 12.0 Å². The van der Waals surface area contributed by atoms with E-state index >= 15 is 0 Å². The maximum Gasteiger partial charge on any atom is 0.410 e. The second-order valence-electron chi connectivity index (χ2n) is 4.25. The lowest BCUT2D eigenvalue weighted by Crippen LogP contribution is -2.35. The number of rotatable bonds is 8. The lowest BCUT2D eigenvalue weighted by molar-refractivity contribution is -0.137. The molecule has 0 bridgehead atoms. The van der Waals surface area contributed by atoms with E-state index in [4.69, 9.17) is 14.9 Å². The van der Waals surface area contributed by atoms with Crippen LogP contribution in [0.2, 0.25) is 0 Å². The van der Waals surface area contributed by atoms with Gasteiger partial charge in [-0.15, -0.1) is 0 Å². The van der Waals surface area contributed by atoms with Gasteiger partial charge in [-0.25, -0.2) is 4.79 Å². The van der Waals surface area contributed by atoms with E-state index in [9.17, 15) is 9.59 Å². The van der Waals surface area contributed by atoms with Crippen molar-refractivity contribution < 1.29 is 24.5 Å². The van der Waals surface area contributed by atoms with Gasteiger partial charge in [0.15, 0.2) is 0 Å². The van der Waals surface area contributed by atoms with Crippen molar-refractivity contribution in [3.63, 3.8) is 0 Å². The number of carbonyl (C=O) groups is 2. The molecule has 0 spiro atoms. The Morgan fingerprint density at radius 2 is 1.85 bits per heavy atom. The Hall–Kier alpha value is -2.08. The van der Waals surface area contributed by atoms with E-state index in [1.807, 2.05) is 30.3 Å². The standard InChI is InChI=1S/C14H19NO5/c16-10-9-15(8-4-7-13(17)18)14(19)20-11-12-5-2-1-3-6-12/h1-3,5-6,16H,4,7-11H2,(H,17,18). The van der Waals surface area contributed by atoms with Gasteiger partial charge in [0, 0.05) is 19.5 Å². The molecule has 0 saturated carbocycles. The molecule has 6 nitrogen and oxygen atoms in total. The number of nitrogens with zero attached hydrogens (tertiary/aromatic N) is 1. The minimum Gasteiger partial charge on any atom is -0.481 e. The van der Waals surface area contributed by atoms with Gasteiger partial charge < -0.3 is 19.8 Å². The molecule has 110 valence electrons. The van der Waals surface area contributed by atoms with E-state index in [0.29, 0.717) is 6.42 Å². The van der Waals surface area contributed by atoms with Crippen LogP contribution in [0.3, 0.4) is 0 Å². The molecule has 1 aromatic carbocycles. The SMILES string of the molecule is O=C(O)CCCN(CCO)C(=O)OCc1ccccc1. The lowest BCUT2D eigenvalue weighted by Gasteiger charge is -2.20. The highest BCUT2D eigenvalue weighted by Crippen LogP contribution is 2.04. The number of amides is 1. The summed E-state index contributed by atoms with van der Waals surface area (Å²) in [6.07, 6.45) is -0.239. The normalized spacial score (nSPS) is 10.1. The number of carbonyl (C=O) groups excluding carboxylic acids is 1. The number of hydrogen-bond acceptors (Lipinski definition) is 4. The smallest absolute Gasteiger partial charge is 0.410 e. The fourth-order valence-corrected chi connectivity index (χ4v) is 1.65. The molecular formula is C14H19NO5. The number of aliphatic hydroxyl groups is 1. The highest BCUT2D eigenvalue weighted by Gasteiger charge is 2.14. The Labute approximate surface area is 117 Å². The highest BCUT2D eigenvalue weighted by molar-refractivity contribution is 5.68. The maximum absolute atomic E-state index is 11.8. The molecule has 20 heavy (non-hydrogen) atoms. The molecule has 1 amide bonds. The quantitative estimate of drug-likeness (QED) is 0.753. The molecule has 0 saturated heterocycles. The highest BCUT2D eigenvalue weighted by atomic mass is 16.6. The molecule has 6 heteroatoms. The molecule has 0 aromatic heterocycles. The molecule has 0 fully saturated rings. The van der Waals surface area contributed by atoms with Crippen LogP contribution in [0.1, 0.15) is 18.4 Å². The van der Waals surface area contributed by atoms with Crippen molar-refractivity contribution in [3.8, 4) is 0 Å². The molecule has 0 aliphatic rings. The molecule has 0 radical (unpaired) electrons. The first-order chi connectivity index (χ1) is 9.63. The number of ether oxygens (including phenoxy) is 1. The first-order valence-corrected chi connectivity index (χ1v) is 6.41. The zero-order chi connectivity index (χ0) is 14.8. The minimum absolute atomic E-state index is 0.0199. The third kappa shape index (κ3) is 6.19. The molecule has 0 aliphatic carbocycles. The van der Waals surface area contributed by atoms with Crippen LogP contribution in [-0.2, 0) is 16.1 Å². The maximum atomic E-state index is 11.8. The van der Waals surface area contributed by atoms with Crippen molar-refractivity contribution in [1.82, 2.24) is 4.90 Å². The number of aliphatic carboxylic acids is 1. The molecule has 1 rings (SSSR count). The van der Waals surface area contributed by atoms with Gasteiger partial charge in [0.2, 0.25) is 0 Å². The zero-order valence-corrected chi connectivity index (χ0v) is 11.2. The first-order valence-electron chi connectivity index (χ1n) is 6.41. The van der Waals surface area contributed by atoms with Crippen molar-refractivity contribution in [3.05, 3.63) is 35.9 Å². The molecule has 0 unspecified atom stereocenters. The summed E-state index contributed by atoms with van der Waals surface area (Å²) in [5.41, 5.74) is 0.871. The van der Waals surface area contributed by atoms with Crippen molar-refractivity contribution in [2.45, 2.75) is 19.4 Å². The summed E-state index contributed by atoms with van der Waals surface area (Å²) < 4.78 is 5.13. The van der Waals surface area contributed by atoms with E-state index in [1.54, 1.807) is 0 Å². The van der Waals surface area contributed by atoms with Crippen LogP contribution in [0.15, 0.2) is 30.3 Å². The van der Waals surface area contributed by atoms with E-state index in [1.165, 1.54) is 4.90 Å². The summed E-state index contributed by atoms with van der Waals surface area (Å²) in [6, 6.07) is 9.25. The topological polar surface area (TPSA) is 87.1 Å². The van der Waals surface area contributed by atoms with Gasteiger partial charge >= 0.3 is 12.1 Å². The van der Waals surface area contributed by atoms with Crippen molar-refractivity contribution in [2.24, 2.45) is 0 Å². The Balaban J connectivity index is 2.40. The van der Waals surface area contributed by atoms with Gasteiger partial charge in [-0.1, -0.05) is 30.3 Å². The Morgan fingerprint density at radius 1 is 1.15 bits per heavy atom. The number of hydrogen-bond donors (Lipinski definition) is 2. The number of carboxylic acids is 1. The second kappa shape index (κ2) is 8.92. The molecule has 1 aromatic rings. The Bertz CT molecular complexity index is 421. The molecular weight excluding hydrogens is 262 g/mol. The van der Waals surface area contributed by atoms with E-state index in [2.05, 4.69) is 0 Å². The average molecular weight is 281 g/mol. The average Bonchev–Trinajstić information content (AvgIpc) is 2.44. The zero-order valence-electron chi connectivity index (χ0n) is 11.2. The number of benzene rings is 1. The molecule has 0 heterocycles. The van der Waals surface area contributed by atoms with Crippen LogP contribution in [-0.4, -0.2) is 46.9 Å². The predicted molar refractivity (Wildman–Crippen MR) is 72.2 cm³/mol. The van der Waals surface area contributed by atoms with Crippen LogP contribution < -0.4 is 0 Å². The molecule has 0 aliphatic heterocycles. The summed E-state index contributed by atoms with van der Waals surface area (Å²) in [5, 5.41) is 17.5.